The van der Waals surface area contributed by atoms with Crippen LogP contribution in [-0.4, -0.2) is 25.9 Å². The zero-order valence-electron chi connectivity index (χ0n) is 8.96. The summed E-state index contributed by atoms with van der Waals surface area (Å²) in [5, 5.41) is 0. The van der Waals surface area contributed by atoms with Crippen molar-refractivity contribution in [2.24, 2.45) is 0 Å². The fourth-order valence-electron chi connectivity index (χ4n) is 1.80. The summed E-state index contributed by atoms with van der Waals surface area (Å²) in [5.74, 6) is 0. The molecule has 0 bridgehead atoms. The molecule has 4 heteroatoms. The summed E-state index contributed by atoms with van der Waals surface area (Å²) in [5.41, 5.74) is 1.34. The Kier molecular flexibility index (Phi) is 3.83. The summed E-state index contributed by atoms with van der Waals surface area (Å²) in [7, 11) is 0. The summed E-state index contributed by atoms with van der Waals surface area (Å²) < 4.78 is 11.1. The third-order valence-corrected chi connectivity index (χ3v) is 4.61. The molecule has 2 heterocycles. The molecule has 0 aromatic carbocycles. The van der Waals surface area contributed by atoms with Gasteiger partial charge in [0.15, 0.2) is 0 Å². The molecular weight excluding hydrogens is 276 g/mol. The van der Waals surface area contributed by atoms with Crippen LogP contribution in [0.3, 0.4) is 0 Å². The Morgan fingerprint density at radius 1 is 1.47 bits per heavy atom. The second kappa shape index (κ2) is 4.95. The quantitative estimate of drug-likeness (QED) is 0.779. The summed E-state index contributed by atoms with van der Waals surface area (Å²) in [6.45, 7) is 6.40. The highest BCUT2D eigenvalue weighted by atomic mass is 79.9. The molecule has 2 rings (SSSR count). The van der Waals surface area contributed by atoms with Gasteiger partial charge in [0.25, 0.3) is 0 Å². The van der Waals surface area contributed by atoms with Crippen LogP contribution in [0.15, 0.2) is 6.07 Å². The van der Waals surface area contributed by atoms with Crippen molar-refractivity contribution in [3.63, 3.8) is 0 Å². The lowest BCUT2D eigenvalue weighted by Crippen LogP contribution is -2.31. The van der Waals surface area contributed by atoms with Crippen molar-refractivity contribution in [3.8, 4) is 0 Å². The number of aryl methyl sites for hydroxylation is 2. The van der Waals surface area contributed by atoms with Gasteiger partial charge in [-0.05, 0) is 25.5 Å². The van der Waals surface area contributed by atoms with Gasteiger partial charge in [0.2, 0.25) is 0 Å². The van der Waals surface area contributed by atoms with Crippen molar-refractivity contribution in [3.05, 3.63) is 21.4 Å². The molecule has 1 aromatic heterocycles. The van der Waals surface area contributed by atoms with Crippen LogP contribution < -0.4 is 0 Å². The van der Waals surface area contributed by atoms with E-state index >= 15 is 0 Å². The molecule has 0 aliphatic carbocycles. The molecule has 1 saturated heterocycles. The molecule has 15 heavy (non-hydrogen) atoms. The molecule has 0 amide bonds. The van der Waals surface area contributed by atoms with E-state index < -0.39 is 0 Å². The molecule has 0 radical (unpaired) electrons. The first-order chi connectivity index (χ1) is 7.18. The molecule has 0 saturated carbocycles. The Morgan fingerprint density at radius 3 is 2.80 bits per heavy atom. The highest BCUT2D eigenvalue weighted by Crippen LogP contribution is 2.35. The number of hydrogen-bond acceptors (Lipinski definition) is 3. The first-order valence-corrected chi connectivity index (χ1v) is 6.82. The van der Waals surface area contributed by atoms with Gasteiger partial charge in [0, 0.05) is 9.75 Å². The van der Waals surface area contributed by atoms with Crippen LogP contribution in [0.4, 0.5) is 0 Å². The Balaban J connectivity index is 2.12. The van der Waals surface area contributed by atoms with Crippen LogP contribution in [0.1, 0.15) is 20.1 Å². The minimum absolute atomic E-state index is 0.145. The highest BCUT2D eigenvalue weighted by molar-refractivity contribution is 9.09. The van der Waals surface area contributed by atoms with E-state index in [2.05, 4.69) is 35.8 Å². The van der Waals surface area contributed by atoms with Crippen molar-refractivity contribution in [1.29, 1.82) is 0 Å². The lowest BCUT2D eigenvalue weighted by atomic mass is 10.1. The zero-order chi connectivity index (χ0) is 10.8. The van der Waals surface area contributed by atoms with Crippen molar-refractivity contribution >= 4 is 27.3 Å². The zero-order valence-corrected chi connectivity index (χ0v) is 11.4. The van der Waals surface area contributed by atoms with Gasteiger partial charge in [0.1, 0.15) is 0 Å². The second-order valence-corrected chi connectivity index (χ2v) is 6.20. The van der Waals surface area contributed by atoms with Crippen molar-refractivity contribution in [2.75, 3.05) is 19.8 Å². The molecule has 2 atom stereocenters. The van der Waals surface area contributed by atoms with Gasteiger partial charge in [-0.15, -0.1) is 11.3 Å². The van der Waals surface area contributed by atoms with E-state index in [0.29, 0.717) is 13.2 Å². The van der Waals surface area contributed by atoms with E-state index in [0.717, 1.165) is 6.61 Å². The SMILES string of the molecule is Cc1cc(C(Br)C2COCCO2)c(C)s1. The molecular formula is C11H15BrO2S. The van der Waals surface area contributed by atoms with Crippen molar-refractivity contribution in [2.45, 2.75) is 24.8 Å². The molecule has 1 aliphatic heterocycles. The van der Waals surface area contributed by atoms with Gasteiger partial charge in [-0.25, -0.2) is 0 Å². The van der Waals surface area contributed by atoms with E-state index in [1.807, 2.05) is 11.3 Å². The number of thiophene rings is 1. The molecule has 1 aromatic rings. The van der Waals surface area contributed by atoms with Crippen LogP contribution in [0.5, 0.6) is 0 Å². The fraction of sp³-hybridized carbons (Fsp3) is 0.636. The average molecular weight is 291 g/mol. The number of hydrogen-bond donors (Lipinski definition) is 0. The fourth-order valence-corrected chi connectivity index (χ4v) is 3.70. The van der Waals surface area contributed by atoms with E-state index in [9.17, 15) is 0 Å². The lowest BCUT2D eigenvalue weighted by Gasteiger charge is -2.27. The van der Waals surface area contributed by atoms with E-state index in [-0.39, 0.29) is 10.9 Å². The van der Waals surface area contributed by atoms with Crippen LogP contribution in [0, 0.1) is 13.8 Å². The van der Waals surface area contributed by atoms with Gasteiger partial charge in [0.05, 0.1) is 30.8 Å². The third-order valence-electron chi connectivity index (χ3n) is 2.54. The first kappa shape index (κ1) is 11.6. The Morgan fingerprint density at radius 2 is 2.27 bits per heavy atom. The molecule has 2 unspecified atom stereocenters. The van der Waals surface area contributed by atoms with Gasteiger partial charge in [-0.3, -0.25) is 0 Å². The van der Waals surface area contributed by atoms with Gasteiger partial charge in [-0.2, -0.15) is 0 Å². The number of alkyl halides is 1. The van der Waals surface area contributed by atoms with Crippen LogP contribution in [0.2, 0.25) is 0 Å². The monoisotopic (exact) mass is 290 g/mol. The standard InChI is InChI=1S/C11H15BrO2S/c1-7-5-9(8(2)15-7)11(12)10-6-13-3-4-14-10/h5,10-11H,3-4,6H2,1-2H3. The van der Waals surface area contributed by atoms with Crippen LogP contribution in [-0.2, 0) is 9.47 Å². The van der Waals surface area contributed by atoms with Gasteiger partial charge in [-0.1, -0.05) is 15.9 Å². The molecule has 84 valence electrons. The topological polar surface area (TPSA) is 18.5 Å². The summed E-state index contributed by atoms with van der Waals surface area (Å²) in [6, 6.07) is 2.23. The number of rotatable bonds is 2. The van der Waals surface area contributed by atoms with Crippen LogP contribution in [0.25, 0.3) is 0 Å². The maximum atomic E-state index is 5.69. The largest absolute Gasteiger partial charge is 0.376 e. The third kappa shape index (κ3) is 2.61. The summed E-state index contributed by atoms with van der Waals surface area (Å²) in [6.07, 6.45) is 0.145. The molecule has 0 spiro atoms. The van der Waals surface area contributed by atoms with Crippen LogP contribution >= 0.6 is 27.3 Å². The second-order valence-electron chi connectivity index (χ2n) is 3.75. The summed E-state index contributed by atoms with van der Waals surface area (Å²) >= 11 is 5.55. The van der Waals surface area contributed by atoms with E-state index in [1.54, 1.807) is 0 Å². The minimum atomic E-state index is 0.145. The highest BCUT2D eigenvalue weighted by Gasteiger charge is 2.26. The normalized spacial score (nSPS) is 24.1. The summed E-state index contributed by atoms with van der Waals surface area (Å²) in [4.78, 5) is 2.97. The molecule has 0 N–H and O–H groups in total. The van der Waals surface area contributed by atoms with E-state index in [1.165, 1.54) is 15.3 Å². The van der Waals surface area contributed by atoms with E-state index in [4.69, 9.17) is 9.47 Å². The molecule has 1 fully saturated rings. The Labute approximate surface area is 103 Å². The maximum Gasteiger partial charge on any atom is 0.0975 e. The number of ether oxygens (including phenoxy) is 2. The first-order valence-electron chi connectivity index (χ1n) is 5.09. The maximum absolute atomic E-state index is 5.69. The van der Waals surface area contributed by atoms with Gasteiger partial charge < -0.3 is 9.47 Å². The average Bonchev–Trinajstić information content (AvgIpc) is 2.58. The molecule has 1 aliphatic rings. The van der Waals surface area contributed by atoms with Crippen molar-refractivity contribution in [1.82, 2.24) is 0 Å². The lowest BCUT2D eigenvalue weighted by molar-refractivity contribution is -0.0876. The van der Waals surface area contributed by atoms with Gasteiger partial charge >= 0.3 is 0 Å². The predicted octanol–water partition coefficient (Wildman–Crippen LogP) is 3.22. The van der Waals surface area contributed by atoms with Crippen molar-refractivity contribution < 1.29 is 9.47 Å². The predicted molar refractivity (Wildman–Crippen MR) is 66.0 cm³/mol. The Hall–Kier alpha value is 0.1000. The molecule has 2 nitrogen and oxygen atoms in total. The number of halogens is 1. The minimum Gasteiger partial charge on any atom is -0.376 e. The Bertz CT molecular complexity index is 331. The smallest absolute Gasteiger partial charge is 0.0975 e.